The average molecular weight is 435 g/mol. The molecule has 6 nitrogen and oxygen atoms in total. The van der Waals surface area contributed by atoms with Crippen LogP contribution in [-0.4, -0.2) is 37.4 Å². The van der Waals surface area contributed by atoms with Crippen LogP contribution in [0, 0.1) is 5.82 Å². The third-order valence-electron chi connectivity index (χ3n) is 4.04. The van der Waals surface area contributed by atoms with E-state index >= 15 is 0 Å². The van der Waals surface area contributed by atoms with E-state index in [-0.39, 0.29) is 16.4 Å². The van der Waals surface area contributed by atoms with Crippen LogP contribution < -0.4 is 10.2 Å². The van der Waals surface area contributed by atoms with Gasteiger partial charge in [-0.2, -0.15) is 13.2 Å². The quantitative estimate of drug-likeness (QED) is 0.561. The number of carbonyl (C=O) groups excluding carboxylic acids is 2. The second kappa shape index (κ2) is 8.26. The molecule has 0 fully saturated rings. The monoisotopic (exact) mass is 434 g/mol. The first kappa shape index (κ1) is 22.4. The van der Waals surface area contributed by atoms with Gasteiger partial charge in [-0.3, -0.25) is 4.90 Å². The third-order valence-corrected chi connectivity index (χ3v) is 4.33. The number of alkyl halides is 3. The lowest BCUT2D eigenvalue weighted by Crippen LogP contribution is -2.49. The van der Waals surface area contributed by atoms with Crippen LogP contribution >= 0.6 is 11.6 Å². The number of amides is 2. The Morgan fingerprint density at radius 2 is 1.72 bits per heavy atom. The van der Waals surface area contributed by atoms with Crippen molar-refractivity contribution in [2.45, 2.75) is 11.8 Å². The van der Waals surface area contributed by atoms with Gasteiger partial charge in [0.15, 0.2) is 0 Å². The van der Waals surface area contributed by atoms with Gasteiger partial charge in [-0.25, -0.2) is 14.0 Å². The molecule has 0 unspecified atom stereocenters. The topological polar surface area (TPSA) is 78.9 Å². The minimum Gasteiger partial charge on any atom is -0.466 e. The number of hydrogen-bond acceptors (Lipinski definition) is 4. The summed E-state index contributed by atoms with van der Waals surface area (Å²) in [4.78, 5) is 24.9. The second-order valence-corrected chi connectivity index (χ2v) is 6.27. The van der Waals surface area contributed by atoms with E-state index in [1.54, 1.807) is 0 Å². The Labute approximate surface area is 167 Å². The maximum absolute atomic E-state index is 13.3. The van der Waals surface area contributed by atoms with Crippen molar-refractivity contribution in [3.05, 3.63) is 58.9 Å². The lowest BCUT2D eigenvalue weighted by molar-refractivity contribution is -0.266. The molecule has 0 bridgehead atoms. The first-order valence-electron chi connectivity index (χ1n) is 7.89. The number of methoxy groups -OCH3 is 1. The van der Waals surface area contributed by atoms with E-state index in [1.165, 1.54) is 19.2 Å². The molecule has 0 radical (unpaired) electrons. The highest BCUT2D eigenvalue weighted by Gasteiger charge is 2.62. The van der Waals surface area contributed by atoms with E-state index < -0.39 is 35.2 Å². The van der Waals surface area contributed by atoms with Gasteiger partial charge in [0.2, 0.25) is 0 Å². The first-order chi connectivity index (χ1) is 13.4. The molecule has 0 saturated carbocycles. The summed E-state index contributed by atoms with van der Waals surface area (Å²) in [5.74, 6) is -2.56. The van der Waals surface area contributed by atoms with Crippen LogP contribution in [0.15, 0.2) is 42.5 Å². The van der Waals surface area contributed by atoms with Crippen LogP contribution in [0.3, 0.4) is 0 Å². The molecule has 2 N–H and O–H groups in total. The van der Waals surface area contributed by atoms with Crippen LogP contribution in [0.1, 0.15) is 5.56 Å². The molecule has 156 valence electrons. The number of anilines is 2. The summed E-state index contributed by atoms with van der Waals surface area (Å²) in [5, 5.41) is 12.2. The van der Waals surface area contributed by atoms with Crippen LogP contribution in [0.5, 0.6) is 0 Å². The number of aliphatic hydroxyl groups is 1. The molecular formula is C18H15ClF4N2O4. The zero-order valence-electron chi connectivity index (χ0n) is 15.1. The van der Waals surface area contributed by atoms with Gasteiger partial charge >= 0.3 is 18.2 Å². The number of urea groups is 1. The van der Waals surface area contributed by atoms with Gasteiger partial charge in [-0.1, -0.05) is 23.7 Å². The summed E-state index contributed by atoms with van der Waals surface area (Å²) in [7, 11) is 2.04. The minimum absolute atomic E-state index is 0.147. The van der Waals surface area contributed by atoms with Gasteiger partial charge in [-0.15, -0.1) is 0 Å². The Hall–Kier alpha value is -2.85. The van der Waals surface area contributed by atoms with Crippen molar-refractivity contribution in [2.24, 2.45) is 0 Å². The Morgan fingerprint density at radius 3 is 2.21 bits per heavy atom. The normalized spacial score (nSPS) is 13.4. The molecule has 11 heteroatoms. The van der Waals surface area contributed by atoms with Crippen LogP contribution in [0.4, 0.5) is 33.7 Å². The number of halogens is 5. The van der Waals surface area contributed by atoms with Crippen LogP contribution in [-0.2, 0) is 15.1 Å². The fourth-order valence-corrected chi connectivity index (χ4v) is 2.55. The molecular weight excluding hydrogens is 420 g/mol. The highest BCUT2D eigenvalue weighted by molar-refractivity contribution is 6.31. The van der Waals surface area contributed by atoms with Crippen molar-refractivity contribution >= 4 is 35.0 Å². The highest BCUT2D eigenvalue weighted by Crippen LogP contribution is 2.40. The molecule has 2 aromatic carbocycles. The molecule has 0 aliphatic carbocycles. The fraction of sp³-hybridized carbons (Fsp3) is 0.222. The van der Waals surface area contributed by atoms with Crippen molar-refractivity contribution in [2.75, 3.05) is 24.4 Å². The third kappa shape index (κ3) is 4.43. The van der Waals surface area contributed by atoms with E-state index in [0.29, 0.717) is 7.11 Å². The zero-order valence-corrected chi connectivity index (χ0v) is 15.8. The van der Waals surface area contributed by atoms with Crippen molar-refractivity contribution in [1.82, 2.24) is 0 Å². The summed E-state index contributed by atoms with van der Waals surface area (Å²) in [5.41, 5.74) is -4.29. The molecule has 1 atom stereocenters. The van der Waals surface area contributed by atoms with Gasteiger partial charge in [0.25, 0.3) is 5.60 Å². The number of ether oxygens (including phenoxy) is 1. The Balaban J connectivity index is 2.25. The summed E-state index contributed by atoms with van der Waals surface area (Å²) >= 11 is 5.64. The van der Waals surface area contributed by atoms with Gasteiger partial charge in [0.05, 0.1) is 12.1 Å². The number of benzene rings is 2. The molecule has 0 saturated heterocycles. The number of esters is 1. The lowest BCUT2D eigenvalue weighted by atomic mass is 9.93. The van der Waals surface area contributed by atoms with Crippen molar-refractivity contribution in [3.8, 4) is 0 Å². The van der Waals surface area contributed by atoms with E-state index in [2.05, 4.69) is 10.1 Å². The number of nitrogens with one attached hydrogen (secondary N) is 1. The average Bonchev–Trinajstić information content (AvgIpc) is 2.68. The van der Waals surface area contributed by atoms with Gasteiger partial charge in [0, 0.05) is 24.0 Å². The zero-order chi connectivity index (χ0) is 22.0. The Bertz CT molecular complexity index is 921. The lowest BCUT2D eigenvalue weighted by Gasteiger charge is -2.28. The molecule has 0 spiro atoms. The maximum atomic E-state index is 13.3. The molecule has 0 aliphatic heterocycles. The Morgan fingerprint density at radius 1 is 1.14 bits per heavy atom. The van der Waals surface area contributed by atoms with Crippen LogP contribution in [0.2, 0.25) is 5.02 Å². The Kier molecular flexibility index (Phi) is 6.39. The van der Waals surface area contributed by atoms with E-state index in [9.17, 15) is 32.3 Å². The summed E-state index contributed by atoms with van der Waals surface area (Å²) in [6, 6.07) is 6.72. The SMILES string of the molecule is COC(=O)[C@](O)(c1ccc(N(C)C(=O)Nc2ccc(F)c(Cl)c2)cc1)C(F)(F)F. The molecule has 2 aromatic rings. The van der Waals surface area contributed by atoms with Crippen LogP contribution in [0.25, 0.3) is 0 Å². The standard InChI is InChI=1S/C18H15ClF4N2O4/c1-25(16(27)24-11-5-8-14(20)13(19)9-11)12-6-3-10(4-7-12)17(28,15(26)29-2)18(21,22)23/h3-9,28H,1-2H3,(H,24,27)/t17-/m1/s1. The van der Waals surface area contributed by atoms with Crippen molar-refractivity contribution in [3.63, 3.8) is 0 Å². The second-order valence-electron chi connectivity index (χ2n) is 5.86. The molecule has 2 rings (SSSR count). The first-order valence-corrected chi connectivity index (χ1v) is 8.27. The van der Waals surface area contributed by atoms with Gasteiger partial charge in [-0.05, 0) is 30.3 Å². The van der Waals surface area contributed by atoms with E-state index in [0.717, 1.165) is 35.2 Å². The van der Waals surface area contributed by atoms with Gasteiger partial charge < -0.3 is 15.2 Å². The maximum Gasteiger partial charge on any atom is 0.432 e. The predicted molar refractivity (Wildman–Crippen MR) is 97.2 cm³/mol. The number of rotatable bonds is 4. The molecule has 0 aliphatic rings. The fourth-order valence-electron chi connectivity index (χ4n) is 2.37. The summed E-state index contributed by atoms with van der Waals surface area (Å²) < 4.78 is 57.0. The molecule has 0 heterocycles. The largest absolute Gasteiger partial charge is 0.466 e. The number of hydrogen-bond donors (Lipinski definition) is 2. The summed E-state index contributed by atoms with van der Waals surface area (Å²) in [6.07, 6.45) is -5.33. The smallest absolute Gasteiger partial charge is 0.432 e. The predicted octanol–water partition coefficient (Wildman–Crippen LogP) is 4.07. The highest BCUT2D eigenvalue weighted by atomic mass is 35.5. The van der Waals surface area contributed by atoms with E-state index in [4.69, 9.17) is 11.6 Å². The van der Waals surface area contributed by atoms with Crippen molar-refractivity contribution < 1.29 is 37.0 Å². The molecule has 0 aromatic heterocycles. The molecule has 29 heavy (non-hydrogen) atoms. The summed E-state index contributed by atoms with van der Waals surface area (Å²) in [6.45, 7) is 0. The minimum atomic E-state index is -5.33. The number of nitrogens with zero attached hydrogens (tertiary/aromatic N) is 1. The molecule has 2 amide bonds. The number of carbonyl (C=O) groups is 2. The van der Waals surface area contributed by atoms with Gasteiger partial charge in [0.1, 0.15) is 5.82 Å². The van der Waals surface area contributed by atoms with Crippen molar-refractivity contribution in [1.29, 1.82) is 0 Å². The van der Waals surface area contributed by atoms with E-state index in [1.807, 2.05) is 0 Å².